The quantitative estimate of drug-likeness (QED) is 0.711. The first-order valence-corrected chi connectivity index (χ1v) is 9.41. The third-order valence-corrected chi connectivity index (χ3v) is 5.23. The Hall–Kier alpha value is -3.19. The molecule has 150 valence electrons. The molecule has 2 heterocycles. The molecule has 1 amide bonds. The Morgan fingerprint density at radius 2 is 1.93 bits per heavy atom. The number of hydrogen-bond donors (Lipinski definition) is 1. The number of methoxy groups -OCH3 is 1. The van der Waals surface area contributed by atoms with Gasteiger partial charge in [-0.1, -0.05) is 18.2 Å². The molecule has 0 saturated heterocycles. The second kappa shape index (κ2) is 7.33. The smallest absolute Gasteiger partial charge is 0.291 e. The Morgan fingerprint density at radius 3 is 2.62 bits per heavy atom. The van der Waals surface area contributed by atoms with Gasteiger partial charge in [-0.3, -0.25) is 9.59 Å². The van der Waals surface area contributed by atoms with Crippen molar-refractivity contribution in [3.8, 4) is 5.75 Å². The van der Waals surface area contributed by atoms with E-state index < -0.39 is 17.8 Å². The summed E-state index contributed by atoms with van der Waals surface area (Å²) in [5.74, 6) is -0.381. The molecule has 0 saturated carbocycles. The molecule has 1 N–H and O–H groups in total. The van der Waals surface area contributed by atoms with Gasteiger partial charge < -0.3 is 19.0 Å². The molecular weight excluding hydrogens is 375 g/mol. The standard InChI is InChI=1S/C22H21FN2O4/c1-24(2)10-11-25-19(14-6-4-5-7-16(14)23)18-20(26)15-9-8-13(28-3)12-17(15)29-21(18)22(25)27/h4-9,12,19H,10-11H2,1-3H3/p+1/t19-/m0/s1. The topological polar surface area (TPSA) is 64.2 Å². The summed E-state index contributed by atoms with van der Waals surface area (Å²) in [5.41, 5.74) is 0.416. The minimum atomic E-state index is -0.819. The number of quaternary nitrogens is 1. The fourth-order valence-electron chi connectivity index (χ4n) is 3.72. The van der Waals surface area contributed by atoms with Gasteiger partial charge in [0.1, 0.15) is 17.1 Å². The fourth-order valence-corrected chi connectivity index (χ4v) is 3.72. The highest BCUT2D eigenvalue weighted by Crippen LogP contribution is 2.39. The van der Waals surface area contributed by atoms with Crippen LogP contribution in [0.4, 0.5) is 4.39 Å². The maximum absolute atomic E-state index is 14.7. The average Bonchev–Trinajstić information content (AvgIpc) is 2.98. The number of carbonyl (C=O) groups is 1. The third kappa shape index (κ3) is 3.17. The Kier molecular flexibility index (Phi) is 4.84. The van der Waals surface area contributed by atoms with Crippen LogP contribution in [0.1, 0.15) is 27.7 Å². The van der Waals surface area contributed by atoms with Crippen molar-refractivity contribution in [2.45, 2.75) is 6.04 Å². The number of amides is 1. The monoisotopic (exact) mass is 397 g/mol. The van der Waals surface area contributed by atoms with E-state index in [0.29, 0.717) is 24.2 Å². The third-order valence-electron chi connectivity index (χ3n) is 5.23. The molecule has 2 aromatic carbocycles. The van der Waals surface area contributed by atoms with Crippen LogP contribution >= 0.6 is 0 Å². The van der Waals surface area contributed by atoms with Crippen LogP contribution in [0.5, 0.6) is 5.75 Å². The lowest BCUT2D eigenvalue weighted by molar-refractivity contribution is -0.857. The van der Waals surface area contributed by atoms with Crippen molar-refractivity contribution in [3.05, 3.63) is 75.4 Å². The molecule has 7 heteroatoms. The van der Waals surface area contributed by atoms with E-state index in [2.05, 4.69) is 0 Å². The van der Waals surface area contributed by atoms with E-state index in [-0.39, 0.29) is 27.9 Å². The van der Waals surface area contributed by atoms with Gasteiger partial charge >= 0.3 is 0 Å². The van der Waals surface area contributed by atoms with Crippen LogP contribution in [0.3, 0.4) is 0 Å². The zero-order chi connectivity index (χ0) is 20.7. The Morgan fingerprint density at radius 1 is 1.17 bits per heavy atom. The summed E-state index contributed by atoms with van der Waals surface area (Å²) >= 11 is 0. The van der Waals surface area contributed by atoms with Crippen LogP contribution in [0.25, 0.3) is 11.0 Å². The predicted octanol–water partition coefficient (Wildman–Crippen LogP) is 1.63. The summed E-state index contributed by atoms with van der Waals surface area (Å²) in [6.07, 6.45) is 0. The first-order chi connectivity index (χ1) is 13.9. The number of rotatable bonds is 5. The zero-order valence-electron chi connectivity index (χ0n) is 16.5. The van der Waals surface area contributed by atoms with E-state index in [4.69, 9.17) is 9.15 Å². The van der Waals surface area contributed by atoms with E-state index in [0.717, 1.165) is 4.90 Å². The number of hydrogen-bond acceptors (Lipinski definition) is 4. The van der Waals surface area contributed by atoms with E-state index in [1.54, 1.807) is 36.4 Å². The number of ether oxygens (including phenoxy) is 1. The summed E-state index contributed by atoms with van der Waals surface area (Å²) in [4.78, 5) is 29.2. The summed E-state index contributed by atoms with van der Waals surface area (Å²) in [5, 5.41) is 0.332. The summed E-state index contributed by atoms with van der Waals surface area (Å²) in [6, 6.07) is 10.2. The Labute approximate surface area is 167 Å². The lowest BCUT2D eigenvalue weighted by atomic mass is 9.98. The van der Waals surface area contributed by atoms with Gasteiger partial charge in [-0.05, 0) is 18.2 Å². The van der Waals surface area contributed by atoms with Crippen LogP contribution in [0.15, 0.2) is 51.7 Å². The first kappa shape index (κ1) is 19.1. The zero-order valence-corrected chi connectivity index (χ0v) is 16.5. The van der Waals surface area contributed by atoms with E-state index in [1.165, 1.54) is 18.1 Å². The molecule has 0 fully saturated rings. The van der Waals surface area contributed by atoms with Gasteiger partial charge in [-0.2, -0.15) is 0 Å². The highest BCUT2D eigenvalue weighted by molar-refractivity contribution is 5.99. The second-order valence-corrected chi connectivity index (χ2v) is 7.42. The maximum Gasteiger partial charge on any atom is 0.291 e. The molecule has 1 aliphatic heterocycles. The van der Waals surface area contributed by atoms with Crippen molar-refractivity contribution in [3.63, 3.8) is 0 Å². The van der Waals surface area contributed by atoms with Crippen LogP contribution in [0, 0.1) is 5.82 Å². The molecule has 6 nitrogen and oxygen atoms in total. The summed E-state index contributed by atoms with van der Waals surface area (Å²) in [7, 11) is 5.45. The Balaban J connectivity index is 1.96. The summed E-state index contributed by atoms with van der Waals surface area (Å²) in [6.45, 7) is 1.01. The molecular formula is C22H22FN2O4+. The molecule has 0 radical (unpaired) electrons. The lowest BCUT2D eigenvalue weighted by Crippen LogP contribution is -3.06. The van der Waals surface area contributed by atoms with Crippen molar-refractivity contribution in [2.75, 3.05) is 34.3 Å². The Bertz CT molecular complexity index is 1160. The molecule has 0 bridgehead atoms. The molecule has 0 unspecified atom stereocenters. The molecule has 1 aromatic heterocycles. The fraction of sp³-hybridized carbons (Fsp3) is 0.273. The average molecular weight is 397 g/mol. The van der Waals surface area contributed by atoms with Crippen LogP contribution < -0.4 is 15.1 Å². The molecule has 4 rings (SSSR count). The number of nitrogens with one attached hydrogen (secondary N) is 1. The van der Waals surface area contributed by atoms with Gasteiger partial charge in [0.05, 0.1) is 51.3 Å². The van der Waals surface area contributed by atoms with Gasteiger partial charge in [-0.25, -0.2) is 4.39 Å². The minimum absolute atomic E-state index is 0.0298. The van der Waals surface area contributed by atoms with Gasteiger partial charge in [0.2, 0.25) is 5.76 Å². The first-order valence-electron chi connectivity index (χ1n) is 9.41. The molecule has 1 aliphatic rings. The number of halogens is 1. The van der Waals surface area contributed by atoms with Gasteiger partial charge in [-0.15, -0.1) is 0 Å². The second-order valence-electron chi connectivity index (χ2n) is 7.42. The summed E-state index contributed by atoms with van der Waals surface area (Å²) < 4.78 is 25.7. The van der Waals surface area contributed by atoms with Crippen molar-refractivity contribution < 1.29 is 23.2 Å². The maximum atomic E-state index is 14.7. The molecule has 1 atom stereocenters. The van der Waals surface area contributed by atoms with E-state index in [9.17, 15) is 14.0 Å². The van der Waals surface area contributed by atoms with Crippen molar-refractivity contribution in [2.24, 2.45) is 0 Å². The van der Waals surface area contributed by atoms with Gasteiger partial charge in [0.25, 0.3) is 5.91 Å². The molecule has 0 spiro atoms. The van der Waals surface area contributed by atoms with Crippen LogP contribution in [0.2, 0.25) is 0 Å². The van der Waals surface area contributed by atoms with Gasteiger partial charge in [0.15, 0.2) is 5.43 Å². The minimum Gasteiger partial charge on any atom is -0.497 e. The molecule has 0 aliphatic carbocycles. The van der Waals surface area contributed by atoms with E-state index >= 15 is 0 Å². The predicted molar refractivity (Wildman–Crippen MR) is 106 cm³/mol. The highest BCUT2D eigenvalue weighted by atomic mass is 19.1. The van der Waals surface area contributed by atoms with Crippen LogP contribution in [-0.4, -0.2) is 45.1 Å². The van der Waals surface area contributed by atoms with Crippen molar-refractivity contribution in [1.29, 1.82) is 0 Å². The number of carbonyl (C=O) groups excluding carboxylic acids is 1. The normalized spacial score (nSPS) is 16.0. The molecule has 3 aromatic rings. The van der Waals surface area contributed by atoms with Crippen LogP contribution in [-0.2, 0) is 0 Å². The van der Waals surface area contributed by atoms with E-state index in [1.807, 2.05) is 14.1 Å². The van der Waals surface area contributed by atoms with Crippen molar-refractivity contribution >= 4 is 16.9 Å². The van der Waals surface area contributed by atoms with Crippen molar-refractivity contribution in [1.82, 2.24) is 4.90 Å². The number of benzene rings is 2. The SMILES string of the molecule is COc1ccc2c(=O)c3c(oc2c1)C(=O)N(CC[NH+](C)C)[C@H]3c1ccccc1F. The number of fused-ring (bicyclic) bond motifs is 2. The largest absolute Gasteiger partial charge is 0.497 e. The number of nitrogens with zero attached hydrogens (tertiary/aromatic N) is 1. The highest BCUT2D eigenvalue weighted by Gasteiger charge is 2.43. The number of likely N-dealkylation sites (N-methyl/N-ethyl adjacent to an activating group) is 1. The molecule has 29 heavy (non-hydrogen) atoms. The van der Waals surface area contributed by atoms with Gasteiger partial charge in [0, 0.05) is 11.6 Å². The lowest BCUT2D eigenvalue weighted by Gasteiger charge is -2.25.